The Hall–Kier alpha value is -0.870. The minimum absolute atomic E-state index is 0.210. The molecule has 0 aliphatic heterocycles. The van der Waals surface area contributed by atoms with Gasteiger partial charge in [0.25, 0.3) is 0 Å². The summed E-state index contributed by atoms with van der Waals surface area (Å²) >= 11 is 3.42. The fourth-order valence-electron chi connectivity index (χ4n) is 2.23. The minimum atomic E-state index is -0.256. The number of halogens is 1. The second-order valence-corrected chi connectivity index (χ2v) is 4.95. The van der Waals surface area contributed by atoms with Gasteiger partial charge in [-0.05, 0) is 36.1 Å². The van der Waals surface area contributed by atoms with Crippen molar-refractivity contribution in [1.29, 1.82) is 0 Å². The molecule has 2 rings (SSSR count). The van der Waals surface area contributed by atoms with Crippen molar-refractivity contribution in [2.45, 2.75) is 18.9 Å². The van der Waals surface area contributed by atoms with Crippen LogP contribution in [0.25, 0.3) is 0 Å². The molecule has 2 atom stereocenters. The van der Waals surface area contributed by atoms with Crippen molar-refractivity contribution in [3.05, 3.63) is 33.8 Å². The van der Waals surface area contributed by atoms with Crippen LogP contribution in [0, 0.1) is 5.92 Å². The monoisotopic (exact) mass is 283 g/mol. The van der Waals surface area contributed by atoms with Gasteiger partial charge in [0.1, 0.15) is 0 Å². The van der Waals surface area contributed by atoms with Gasteiger partial charge in [0.05, 0.1) is 13.0 Å². The van der Waals surface area contributed by atoms with Gasteiger partial charge in [0, 0.05) is 10.5 Å². The van der Waals surface area contributed by atoms with E-state index >= 15 is 0 Å². The number of carbonyl (C=O) groups is 1. The van der Waals surface area contributed by atoms with E-state index < -0.39 is 0 Å². The molecule has 0 amide bonds. The summed E-state index contributed by atoms with van der Waals surface area (Å²) in [5, 5.41) is 0. The number of nitrogens with two attached hydrogens (primary N) is 1. The van der Waals surface area contributed by atoms with E-state index in [4.69, 9.17) is 10.5 Å². The highest BCUT2D eigenvalue weighted by molar-refractivity contribution is 9.10. The van der Waals surface area contributed by atoms with Crippen molar-refractivity contribution >= 4 is 21.9 Å². The van der Waals surface area contributed by atoms with Crippen LogP contribution >= 0.6 is 15.9 Å². The molecule has 16 heavy (non-hydrogen) atoms. The zero-order valence-electron chi connectivity index (χ0n) is 9.07. The van der Waals surface area contributed by atoms with E-state index in [9.17, 15) is 4.79 Å². The number of aryl methyl sites for hydroxylation is 1. The summed E-state index contributed by atoms with van der Waals surface area (Å²) in [6.45, 7) is 0. The van der Waals surface area contributed by atoms with Gasteiger partial charge in [-0.25, -0.2) is 0 Å². The zero-order chi connectivity index (χ0) is 11.7. The van der Waals surface area contributed by atoms with E-state index in [1.165, 1.54) is 12.7 Å². The highest BCUT2D eigenvalue weighted by atomic mass is 79.9. The van der Waals surface area contributed by atoms with Gasteiger partial charge in [0.15, 0.2) is 0 Å². The Labute approximate surface area is 103 Å². The van der Waals surface area contributed by atoms with Crippen LogP contribution < -0.4 is 5.73 Å². The van der Waals surface area contributed by atoms with Gasteiger partial charge in [0.2, 0.25) is 0 Å². The van der Waals surface area contributed by atoms with Gasteiger partial charge < -0.3 is 10.5 Å². The first kappa shape index (κ1) is 11.6. The van der Waals surface area contributed by atoms with Gasteiger partial charge in [-0.3, -0.25) is 4.79 Å². The molecule has 4 heteroatoms. The van der Waals surface area contributed by atoms with Crippen LogP contribution in [0.4, 0.5) is 0 Å². The summed E-state index contributed by atoms with van der Waals surface area (Å²) in [6, 6.07) is 5.81. The quantitative estimate of drug-likeness (QED) is 0.804. The van der Waals surface area contributed by atoms with Gasteiger partial charge in [-0.2, -0.15) is 0 Å². The standard InChI is InChI=1S/C12H14BrNO2/c1-16-12(15)9-5-3-7-2-4-8(13)6-10(7)11(9)14/h2,4,6,9,11H,3,5,14H2,1H3. The van der Waals surface area contributed by atoms with E-state index in [1.54, 1.807) is 0 Å². The number of hydrogen-bond acceptors (Lipinski definition) is 3. The van der Waals surface area contributed by atoms with Crippen LogP contribution in [0.1, 0.15) is 23.6 Å². The first-order valence-electron chi connectivity index (χ1n) is 5.25. The third-order valence-corrected chi connectivity index (χ3v) is 3.62. The van der Waals surface area contributed by atoms with Crippen LogP contribution in [-0.2, 0) is 16.0 Å². The number of rotatable bonds is 1. The Balaban J connectivity index is 2.34. The Kier molecular flexibility index (Phi) is 3.30. The third kappa shape index (κ3) is 1.99. The van der Waals surface area contributed by atoms with E-state index in [-0.39, 0.29) is 17.9 Å². The lowest BCUT2D eigenvalue weighted by atomic mass is 9.80. The topological polar surface area (TPSA) is 52.3 Å². The molecule has 1 aromatic rings. The fraction of sp³-hybridized carbons (Fsp3) is 0.417. The number of ether oxygens (including phenoxy) is 1. The molecule has 86 valence electrons. The third-order valence-electron chi connectivity index (χ3n) is 3.13. The summed E-state index contributed by atoms with van der Waals surface area (Å²) < 4.78 is 5.77. The largest absolute Gasteiger partial charge is 0.469 e. The Morgan fingerprint density at radius 2 is 2.31 bits per heavy atom. The smallest absolute Gasteiger partial charge is 0.310 e. The second-order valence-electron chi connectivity index (χ2n) is 4.04. The Bertz CT molecular complexity index is 419. The molecule has 2 unspecified atom stereocenters. The van der Waals surface area contributed by atoms with Crippen molar-refractivity contribution in [3.8, 4) is 0 Å². The molecule has 0 radical (unpaired) electrons. The molecule has 0 bridgehead atoms. The zero-order valence-corrected chi connectivity index (χ0v) is 10.7. The van der Waals surface area contributed by atoms with Gasteiger partial charge in [-0.1, -0.05) is 22.0 Å². The number of benzene rings is 1. The Morgan fingerprint density at radius 3 is 3.00 bits per heavy atom. The molecule has 1 aromatic carbocycles. The predicted octanol–water partition coefficient (Wildman–Crippen LogP) is 2.18. The minimum Gasteiger partial charge on any atom is -0.469 e. The molecule has 2 N–H and O–H groups in total. The molecular formula is C12H14BrNO2. The predicted molar refractivity (Wildman–Crippen MR) is 64.9 cm³/mol. The van der Waals surface area contributed by atoms with E-state index in [0.29, 0.717) is 0 Å². The molecule has 0 fully saturated rings. The molecule has 1 aliphatic rings. The van der Waals surface area contributed by atoms with Gasteiger partial charge in [-0.15, -0.1) is 0 Å². The molecule has 0 saturated carbocycles. The van der Waals surface area contributed by atoms with E-state index in [2.05, 4.69) is 22.0 Å². The van der Waals surface area contributed by atoms with Crippen molar-refractivity contribution < 1.29 is 9.53 Å². The van der Waals surface area contributed by atoms with Crippen molar-refractivity contribution in [1.82, 2.24) is 0 Å². The van der Waals surface area contributed by atoms with E-state index in [0.717, 1.165) is 22.9 Å². The van der Waals surface area contributed by atoms with Crippen LogP contribution in [0.3, 0.4) is 0 Å². The summed E-state index contributed by atoms with van der Waals surface area (Å²) in [6.07, 6.45) is 1.65. The second kappa shape index (κ2) is 4.55. The highest BCUT2D eigenvalue weighted by Crippen LogP contribution is 2.34. The van der Waals surface area contributed by atoms with E-state index in [1.807, 2.05) is 12.1 Å². The number of carbonyl (C=O) groups excluding carboxylic acids is 1. The summed E-state index contributed by atoms with van der Waals surface area (Å²) in [4.78, 5) is 11.6. The fourth-order valence-corrected chi connectivity index (χ4v) is 2.61. The maximum absolute atomic E-state index is 11.6. The SMILES string of the molecule is COC(=O)C1CCc2ccc(Br)cc2C1N. The molecule has 1 aliphatic carbocycles. The number of esters is 1. The molecule has 0 saturated heterocycles. The average Bonchev–Trinajstić information content (AvgIpc) is 2.29. The number of methoxy groups -OCH3 is 1. The lowest BCUT2D eigenvalue weighted by molar-refractivity contribution is -0.146. The molecule has 3 nitrogen and oxygen atoms in total. The molecule has 0 aromatic heterocycles. The van der Waals surface area contributed by atoms with Crippen LogP contribution in [0.15, 0.2) is 22.7 Å². The molecule has 0 heterocycles. The van der Waals surface area contributed by atoms with Gasteiger partial charge >= 0.3 is 5.97 Å². The normalized spacial score (nSPS) is 23.7. The summed E-state index contributed by atoms with van der Waals surface area (Å²) in [7, 11) is 1.41. The highest BCUT2D eigenvalue weighted by Gasteiger charge is 2.32. The maximum atomic E-state index is 11.6. The first-order chi connectivity index (χ1) is 7.63. The lowest BCUT2D eigenvalue weighted by Crippen LogP contribution is -2.33. The summed E-state index contributed by atoms with van der Waals surface area (Å²) in [5.74, 6) is -0.426. The van der Waals surface area contributed by atoms with Crippen LogP contribution in [0.5, 0.6) is 0 Å². The van der Waals surface area contributed by atoms with Crippen LogP contribution in [-0.4, -0.2) is 13.1 Å². The van der Waals surface area contributed by atoms with Crippen molar-refractivity contribution in [2.75, 3.05) is 7.11 Å². The number of fused-ring (bicyclic) bond motifs is 1. The van der Waals surface area contributed by atoms with Crippen molar-refractivity contribution in [2.24, 2.45) is 11.7 Å². The molecular weight excluding hydrogens is 270 g/mol. The summed E-state index contributed by atoms with van der Waals surface area (Å²) in [5.41, 5.74) is 8.40. The van der Waals surface area contributed by atoms with Crippen LogP contribution in [0.2, 0.25) is 0 Å². The maximum Gasteiger partial charge on any atom is 0.310 e. The average molecular weight is 284 g/mol. The van der Waals surface area contributed by atoms with Crippen molar-refractivity contribution in [3.63, 3.8) is 0 Å². The number of hydrogen-bond donors (Lipinski definition) is 1. The molecule has 0 spiro atoms. The Morgan fingerprint density at radius 1 is 1.56 bits per heavy atom. The first-order valence-corrected chi connectivity index (χ1v) is 6.04. The lowest BCUT2D eigenvalue weighted by Gasteiger charge is -2.29.